The summed E-state index contributed by atoms with van der Waals surface area (Å²) in [5.41, 5.74) is 9.22. The number of carbonyl (C=O) groups is 4. The lowest BCUT2D eigenvalue weighted by Gasteiger charge is -2.37. The average Bonchev–Trinajstić information content (AvgIpc) is 3.69. The number of ether oxygens (including phenoxy) is 1. The van der Waals surface area contributed by atoms with Crippen molar-refractivity contribution in [1.82, 2.24) is 15.1 Å². The summed E-state index contributed by atoms with van der Waals surface area (Å²) in [5, 5.41) is 8.96. The highest BCUT2D eigenvalue weighted by Gasteiger charge is 2.34. The number of anilines is 2. The molecule has 10 rings (SSSR count). The number of likely N-dealkylation sites (tertiary alicyclic amines) is 2. The lowest BCUT2D eigenvalue weighted by Crippen LogP contribution is -2.44. The van der Waals surface area contributed by atoms with Crippen molar-refractivity contribution in [3.05, 3.63) is 251 Å². The normalized spacial score (nSPS) is 15.1. The molecule has 8 aromatic carbocycles. The molecule has 3 N–H and O–H groups in total. The van der Waals surface area contributed by atoms with E-state index in [-0.39, 0.29) is 40.9 Å². The van der Waals surface area contributed by atoms with Crippen molar-refractivity contribution in [1.29, 1.82) is 0 Å². The Morgan fingerprint density at radius 3 is 1.20 bits per heavy atom. The minimum Gasteiger partial charge on any atom is -0.468 e. The predicted octanol–water partition coefficient (Wildman–Crippen LogP) is 15.6. The number of nitrogens with one attached hydrogen (secondary N) is 3. The highest BCUT2D eigenvalue weighted by molar-refractivity contribution is 6.09. The molecular formula is C71H71F4N5O5. The molecule has 2 saturated heterocycles. The largest absolute Gasteiger partial charge is 0.468 e. The molecule has 2 aliphatic heterocycles. The van der Waals surface area contributed by atoms with Crippen LogP contribution in [0.2, 0.25) is 0 Å². The molecule has 10 nitrogen and oxygen atoms in total. The Hall–Kier alpha value is -8.72. The van der Waals surface area contributed by atoms with Gasteiger partial charge < -0.3 is 20.7 Å². The maximum atomic E-state index is 13.7. The second kappa shape index (κ2) is 27.8. The van der Waals surface area contributed by atoms with Gasteiger partial charge in [0.15, 0.2) is 0 Å². The smallest absolute Gasteiger partial charge is 0.327 e. The SMILES string of the molecule is CCNC(=O)C(c1ccccc1)N1CCC(c2ccc(NC(=O)c3ccccc3-c3ccc(C(C)(F)F)cc3)cc2)CC1.COC(=O)C(c1ccccc1)N1CCC(c2ccc(NC(=O)c3ccccc3-c3ccc(C(C)(F)F)cc3)cc2)CC1. The molecule has 0 saturated carbocycles. The van der Waals surface area contributed by atoms with Gasteiger partial charge in [0, 0.05) is 54.0 Å². The van der Waals surface area contributed by atoms with Gasteiger partial charge in [-0.1, -0.05) is 170 Å². The fourth-order valence-corrected chi connectivity index (χ4v) is 11.5. The van der Waals surface area contributed by atoms with Gasteiger partial charge in [0.2, 0.25) is 5.91 Å². The molecule has 8 aromatic rings. The number of rotatable bonds is 17. The van der Waals surface area contributed by atoms with Crippen LogP contribution in [0.25, 0.3) is 22.3 Å². The molecule has 0 bridgehead atoms. The number of piperidine rings is 2. The Bertz CT molecular complexity index is 3500. The topological polar surface area (TPSA) is 120 Å². The van der Waals surface area contributed by atoms with E-state index in [0.29, 0.717) is 63.1 Å². The van der Waals surface area contributed by atoms with E-state index >= 15 is 0 Å². The van der Waals surface area contributed by atoms with Crippen LogP contribution in [-0.2, 0) is 26.2 Å². The molecule has 2 aliphatic rings. The summed E-state index contributed by atoms with van der Waals surface area (Å²) in [7, 11) is 1.43. The second-order valence-corrected chi connectivity index (χ2v) is 21.8. The van der Waals surface area contributed by atoms with Crippen LogP contribution in [0.5, 0.6) is 0 Å². The van der Waals surface area contributed by atoms with Gasteiger partial charge in [-0.05, 0) is 152 Å². The average molecular weight is 1150 g/mol. The zero-order chi connectivity index (χ0) is 60.1. The first-order chi connectivity index (χ1) is 41.0. The van der Waals surface area contributed by atoms with E-state index in [1.54, 1.807) is 48.5 Å². The van der Waals surface area contributed by atoms with Crippen molar-refractivity contribution in [2.45, 2.75) is 82.2 Å². The molecule has 2 heterocycles. The Balaban J connectivity index is 0.000000204. The number of hydrogen-bond donors (Lipinski definition) is 3. The van der Waals surface area contributed by atoms with Crippen molar-refractivity contribution in [2.75, 3.05) is 50.5 Å². The molecule has 14 heteroatoms. The quantitative estimate of drug-likeness (QED) is 0.0613. The number of methoxy groups -OCH3 is 1. The molecule has 2 fully saturated rings. The minimum atomic E-state index is -2.92. The molecule has 85 heavy (non-hydrogen) atoms. The number of benzene rings is 8. The summed E-state index contributed by atoms with van der Waals surface area (Å²) >= 11 is 0. The van der Waals surface area contributed by atoms with E-state index in [4.69, 9.17) is 4.74 Å². The van der Waals surface area contributed by atoms with E-state index in [1.165, 1.54) is 42.5 Å². The summed E-state index contributed by atoms with van der Waals surface area (Å²) in [4.78, 5) is 56.5. The first-order valence-corrected chi connectivity index (χ1v) is 28.9. The standard InChI is InChI=1S/C36H37F2N3O2.C35H34F2N2O3/c1-3-39-35(43)33(28-9-5-4-6-10-28)41-23-21-26(22-24-41)25-15-19-30(20-16-25)40-34(42)32-12-8-7-11-31(32)27-13-17-29(18-14-27)36(2,37)38;1-35(36,37)28-16-12-26(13-17-28)30-10-6-7-11-31(30)33(40)38-29-18-14-24(15-19-29)25-20-22-39(23-21-25)32(34(41)42-2)27-8-4-3-5-9-27/h4-20,26,33H,3,21-24H2,1-2H3,(H,39,43)(H,40,42);3-19,25,32H,20-23H2,1-2H3,(H,38,40). The third kappa shape index (κ3) is 15.4. The van der Waals surface area contributed by atoms with Gasteiger partial charge in [0.05, 0.1) is 7.11 Å². The van der Waals surface area contributed by atoms with Gasteiger partial charge in [-0.2, -0.15) is 0 Å². The predicted molar refractivity (Wildman–Crippen MR) is 328 cm³/mol. The van der Waals surface area contributed by atoms with Gasteiger partial charge in [-0.25, -0.2) is 22.4 Å². The molecule has 0 spiro atoms. The molecule has 0 radical (unpaired) electrons. The number of carbonyl (C=O) groups excluding carboxylic acids is 4. The van der Waals surface area contributed by atoms with Gasteiger partial charge in [0.1, 0.15) is 12.1 Å². The minimum absolute atomic E-state index is 0.0355. The number of alkyl halides is 4. The highest BCUT2D eigenvalue weighted by atomic mass is 19.3. The van der Waals surface area contributed by atoms with Crippen LogP contribution in [0.1, 0.15) is 124 Å². The number of hydrogen-bond acceptors (Lipinski definition) is 7. The first kappa shape index (κ1) is 60.9. The fourth-order valence-electron chi connectivity index (χ4n) is 11.5. The number of amides is 3. The van der Waals surface area contributed by atoms with Crippen LogP contribution in [0.3, 0.4) is 0 Å². The maximum Gasteiger partial charge on any atom is 0.327 e. The van der Waals surface area contributed by atoms with Crippen molar-refractivity contribution < 1.29 is 41.5 Å². The van der Waals surface area contributed by atoms with Crippen LogP contribution >= 0.6 is 0 Å². The Morgan fingerprint density at radius 2 is 0.835 bits per heavy atom. The number of likely N-dealkylation sites (N-methyl/N-ethyl adjacent to an activating group) is 1. The number of nitrogens with zero attached hydrogens (tertiary/aromatic N) is 2. The monoisotopic (exact) mass is 1150 g/mol. The van der Waals surface area contributed by atoms with Crippen LogP contribution in [-0.4, -0.2) is 73.3 Å². The van der Waals surface area contributed by atoms with Crippen molar-refractivity contribution in [2.24, 2.45) is 0 Å². The van der Waals surface area contributed by atoms with E-state index in [2.05, 4.69) is 37.9 Å². The van der Waals surface area contributed by atoms with E-state index in [1.807, 2.05) is 128 Å². The lowest BCUT2D eigenvalue weighted by molar-refractivity contribution is -0.147. The zero-order valence-corrected chi connectivity index (χ0v) is 48.3. The van der Waals surface area contributed by atoms with Crippen LogP contribution in [0.4, 0.5) is 28.9 Å². The van der Waals surface area contributed by atoms with Crippen molar-refractivity contribution >= 4 is 35.1 Å². The third-order valence-corrected chi connectivity index (χ3v) is 16.1. The summed E-state index contributed by atoms with van der Waals surface area (Å²) in [5.74, 6) is -5.88. The number of halogens is 4. The van der Waals surface area contributed by atoms with E-state index < -0.39 is 17.9 Å². The van der Waals surface area contributed by atoms with Crippen molar-refractivity contribution in [3.63, 3.8) is 0 Å². The molecule has 438 valence electrons. The first-order valence-electron chi connectivity index (χ1n) is 28.9. The van der Waals surface area contributed by atoms with Crippen LogP contribution in [0.15, 0.2) is 206 Å². The van der Waals surface area contributed by atoms with E-state index in [0.717, 1.165) is 76.8 Å². The van der Waals surface area contributed by atoms with Crippen LogP contribution in [0, 0.1) is 0 Å². The van der Waals surface area contributed by atoms with Gasteiger partial charge >= 0.3 is 5.97 Å². The molecule has 2 unspecified atom stereocenters. The van der Waals surface area contributed by atoms with Crippen LogP contribution < -0.4 is 16.0 Å². The molecule has 0 aliphatic carbocycles. The summed E-state index contributed by atoms with van der Waals surface area (Å²) in [6, 6.07) is 61.2. The fraction of sp³-hybridized carbons (Fsp3) is 0.268. The van der Waals surface area contributed by atoms with Gasteiger partial charge in [-0.3, -0.25) is 24.2 Å². The molecular weight excluding hydrogens is 1080 g/mol. The van der Waals surface area contributed by atoms with Crippen molar-refractivity contribution in [3.8, 4) is 22.3 Å². The summed E-state index contributed by atoms with van der Waals surface area (Å²) in [6.45, 7) is 7.43. The molecule has 0 aromatic heterocycles. The van der Waals surface area contributed by atoms with Gasteiger partial charge in [-0.15, -0.1) is 0 Å². The summed E-state index contributed by atoms with van der Waals surface area (Å²) in [6.07, 6.45) is 3.68. The Kier molecular flexibility index (Phi) is 19.9. The third-order valence-electron chi connectivity index (χ3n) is 16.1. The zero-order valence-electron chi connectivity index (χ0n) is 48.3. The molecule has 2 atom stereocenters. The second-order valence-electron chi connectivity index (χ2n) is 21.8. The number of esters is 1. The Morgan fingerprint density at radius 1 is 0.482 bits per heavy atom. The van der Waals surface area contributed by atoms with E-state index in [9.17, 15) is 36.7 Å². The Labute approximate surface area is 495 Å². The van der Waals surface area contributed by atoms with Gasteiger partial charge in [0.25, 0.3) is 23.7 Å². The maximum absolute atomic E-state index is 13.7. The molecule has 3 amide bonds. The lowest BCUT2D eigenvalue weighted by atomic mass is 9.88. The highest BCUT2D eigenvalue weighted by Crippen LogP contribution is 2.37. The summed E-state index contributed by atoms with van der Waals surface area (Å²) < 4.78 is 59.8.